The van der Waals surface area contributed by atoms with Crippen LogP contribution in [0.5, 0.6) is 0 Å². The van der Waals surface area contributed by atoms with Crippen molar-refractivity contribution in [3.8, 4) is 0 Å². The molecule has 0 aromatic heterocycles. The van der Waals surface area contributed by atoms with E-state index in [0.29, 0.717) is 0 Å². The van der Waals surface area contributed by atoms with E-state index in [1.54, 1.807) is 0 Å². The monoisotopic (exact) mass is 433 g/mol. The smallest absolute Gasteiger partial charge is 0.322 e. The Balaban J connectivity index is 5.33. The third-order valence-electron chi connectivity index (χ3n) is 3.46. The van der Waals surface area contributed by atoms with Gasteiger partial charge < -0.3 is 42.7 Å². The van der Waals surface area contributed by atoms with Crippen molar-refractivity contribution in [2.24, 2.45) is 11.5 Å². The molecule has 0 aromatic carbocycles. The van der Waals surface area contributed by atoms with Crippen LogP contribution in [-0.2, 0) is 33.6 Å². The zero-order valence-electron chi connectivity index (χ0n) is 15.6. The van der Waals surface area contributed by atoms with Crippen LogP contribution in [0, 0.1) is 0 Å². The van der Waals surface area contributed by atoms with Gasteiger partial charge in [-0.1, -0.05) is 0 Å². The molecule has 0 fully saturated rings. The van der Waals surface area contributed by atoms with Crippen LogP contribution in [-0.4, -0.2) is 81.5 Å². The van der Waals surface area contributed by atoms with Gasteiger partial charge in [-0.15, -0.1) is 0 Å². The standard InChI is InChI=1S/C15H23N5O10/c16-6(3-9(17)21)13(28)20-8(4-11(24)25)15(30)19-7(1-2-10(22)23)14(29)18-5-12(26)27/h6-8H,1-5,16H2,(H2,17,21)(H,18,29)(H,19,30)(H,20,28)(H,22,23)(H,24,25)(H,26,27). The predicted octanol–water partition coefficient (Wildman–Crippen LogP) is -4.30. The van der Waals surface area contributed by atoms with Crippen molar-refractivity contribution in [2.45, 2.75) is 43.8 Å². The fourth-order valence-corrected chi connectivity index (χ4v) is 2.07. The zero-order valence-corrected chi connectivity index (χ0v) is 15.6. The van der Waals surface area contributed by atoms with E-state index in [-0.39, 0.29) is 0 Å². The van der Waals surface area contributed by atoms with Gasteiger partial charge in [0, 0.05) is 6.42 Å². The molecule has 0 aliphatic heterocycles. The minimum absolute atomic E-state index is 0.443. The van der Waals surface area contributed by atoms with Crippen molar-refractivity contribution < 1.29 is 48.9 Å². The molecule has 4 amide bonds. The number of nitrogens with two attached hydrogens (primary N) is 2. The van der Waals surface area contributed by atoms with E-state index in [4.69, 9.17) is 26.8 Å². The van der Waals surface area contributed by atoms with Crippen LogP contribution < -0.4 is 27.4 Å². The topological polar surface area (TPSA) is 268 Å². The highest BCUT2D eigenvalue weighted by Crippen LogP contribution is 2.02. The lowest BCUT2D eigenvalue weighted by Crippen LogP contribution is -2.56. The molecule has 0 heterocycles. The number of rotatable bonds is 14. The highest BCUT2D eigenvalue weighted by atomic mass is 16.4. The summed E-state index contributed by atoms with van der Waals surface area (Å²) in [4.78, 5) is 79.5. The molecule has 0 spiro atoms. The quantitative estimate of drug-likeness (QED) is 0.130. The Bertz CT molecular complexity index is 710. The van der Waals surface area contributed by atoms with Crippen LogP contribution in [0.15, 0.2) is 0 Å². The summed E-state index contributed by atoms with van der Waals surface area (Å²) < 4.78 is 0. The number of carbonyl (C=O) groups is 7. The minimum atomic E-state index is -1.73. The highest BCUT2D eigenvalue weighted by molar-refractivity contribution is 5.96. The first-order valence-electron chi connectivity index (χ1n) is 8.41. The molecule has 3 unspecified atom stereocenters. The van der Waals surface area contributed by atoms with Crippen LogP contribution in [0.25, 0.3) is 0 Å². The summed E-state index contributed by atoms with van der Waals surface area (Å²) in [6.07, 6.45) is -2.53. The summed E-state index contributed by atoms with van der Waals surface area (Å²) >= 11 is 0. The Morgan fingerprint density at radius 3 is 1.77 bits per heavy atom. The molecule has 0 aliphatic carbocycles. The Morgan fingerprint density at radius 2 is 1.30 bits per heavy atom. The largest absolute Gasteiger partial charge is 0.481 e. The molecule has 3 atom stereocenters. The van der Waals surface area contributed by atoms with E-state index in [9.17, 15) is 33.6 Å². The number of primary amides is 1. The van der Waals surface area contributed by atoms with Crippen LogP contribution in [0.3, 0.4) is 0 Å². The molecule has 15 heteroatoms. The van der Waals surface area contributed by atoms with E-state index in [1.165, 1.54) is 0 Å². The first kappa shape index (κ1) is 26.2. The Morgan fingerprint density at radius 1 is 0.733 bits per heavy atom. The van der Waals surface area contributed by atoms with Gasteiger partial charge in [-0.3, -0.25) is 33.6 Å². The second kappa shape index (κ2) is 12.7. The predicted molar refractivity (Wildman–Crippen MR) is 95.4 cm³/mol. The average molecular weight is 433 g/mol. The molecule has 168 valence electrons. The van der Waals surface area contributed by atoms with Crippen LogP contribution in [0.4, 0.5) is 0 Å². The second-order valence-corrected chi connectivity index (χ2v) is 6.04. The SMILES string of the molecule is NC(=O)CC(N)C(=O)NC(CC(=O)O)C(=O)NC(CCC(=O)O)C(=O)NCC(=O)O. The van der Waals surface area contributed by atoms with E-state index in [0.717, 1.165) is 0 Å². The maximum atomic E-state index is 12.4. The highest BCUT2D eigenvalue weighted by Gasteiger charge is 2.30. The lowest BCUT2D eigenvalue weighted by atomic mass is 10.1. The fourth-order valence-electron chi connectivity index (χ4n) is 2.07. The van der Waals surface area contributed by atoms with Crippen molar-refractivity contribution in [1.82, 2.24) is 16.0 Å². The number of amides is 4. The Labute approximate surface area is 169 Å². The second-order valence-electron chi connectivity index (χ2n) is 6.04. The first-order valence-corrected chi connectivity index (χ1v) is 8.41. The molecule has 0 aromatic rings. The maximum Gasteiger partial charge on any atom is 0.322 e. The fraction of sp³-hybridized carbons (Fsp3) is 0.533. The molecule has 10 N–H and O–H groups in total. The van der Waals surface area contributed by atoms with Gasteiger partial charge in [0.25, 0.3) is 0 Å². The lowest BCUT2D eigenvalue weighted by molar-refractivity contribution is -0.142. The molecular formula is C15H23N5O10. The number of aliphatic carboxylic acids is 3. The number of carboxylic acid groups (broad SMARTS) is 3. The number of hydrogen-bond donors (Lipinski definition) is 8. The van der Waals surface area contributed by atoms with E-state index in [1.807, 2.05) is 10.6 Å². The zero-order chi connectivity index (χ0) is 23.4. The molecule has 0 aliphatic rings. The van der Waals surface area contributed by atoms with Crippen molar-refractivity contribution in [1.29, 1.82) is 0 Å². The van der Waals surface area contributed by atoms with Gasteiger partial charge in [-0.2, -0.15) is 0 Å². The van der Waals surface area contributed by atoms with Crippen LogP contribution in [0.2, 0.25) is 0 Å². The number of nitrogens with one attached hydrogen (secondary N) is 3. The molecule has 0 radical (unpaired) electrons. The van der Waals surface area contributed by atoms with Gasteiger partial charge in [0.1, 0.15) is 18.6 Å². The summed E-state index contributed by atoms with van der Waals surface area (Å²) in [5, 5.41) is 32.3. The van der Waals surface area contributed by atoms with Gasteiger partial charge in [0.15, 0.2) is 0 Å². The van der Waals surface area contributed by atoms with Crippen LogP contribution >= 0.6 is 0 Å². The summed E-state index contributed by atoms with van der Waals surface area (Å²) in [5.41, 5.74) is 10.3. The van der Waals surface area contributed by atoms with Gasteiger partial charge >= 0.3 is 17.9 Å². The molecule has 30 heavy (non-hydrogen) atoms. The van der Waals surface area contributed by atoms with Gasteiger partial charge in [-0.05, 0) is 6.42 Å². The summed E-state index contributed by atoms with van der Waals surface area (Å²) in [6, 6.07) is -4.72. The number of carbonyl (C=O) groups excluding carboxylic acids is 4. The lowest BCUT2D eigenvalue weighted by Gasteiger charge is -2.22. The number of carboxylic acids is 3. The molecule has 0 bridgehead atoms. The molecule has 15 nitrogen and oxygen atoms in total. The summed E-state index contributed by atoms with van der Waals surface area (Å²) in [7, 11) is 0. The van der Waals surface area contributed by atoms with E-state index >= 15 is 0 Å². The molecule has 0 rings (SSSR count). The number of hydrogen-bond acceptors (Lipinski definition) is 8. The summed E-state index contributed by atoms with van der Waals surface area (Å²) in [5.74, 6) is -8.39. The molecular weight excluding hydrogens is 410 g/mol. The molecule has 0 saturated heterocycles. The van der Waals surface area contributed by atoms with Gasteiger partial charge in [-0.25, -0.2) is 0 Å². The average Bonchev–Trinajstić information content (AvgIpc) is 2.60. The Kier molecular flexibility index (Phi) is 11.1. The van der Waals surface area contributed by atoms with Crippen molar-refractivity contribution >= 4 is 41.5 Å². The Hall–Kier alpha value is -3.75. The third kappa shape index (κ3) is 11.2. The van der Waals surface area contributed by atoms with Crippen molar-refractivity contribution in [3.63, 3.8) is 0 Å². The van der Waals surface area contributed by atoms with E-state index in [2.05, 4.69) is 5.32 Å². The normalized spacial score (nSPS) is 13.2. The van der Waals surface area contributed by atoms with Crippen molar-refractivity contribution in [3.05, 3.63) is 0 Å². The van der Waals surface area contributed by atoms with Crippen LogP contribution in [0.1, 0.15) is 25.7 Å². The maximum absolute atomic E-state index is 12.4. The first-order chi connectivity index (χ1) is 13.8. The van der Waals surface area contributed by atoms with E-state index < -0.39 is 91.9 Å². The minimum Gasteiger partial charge on any atom is -0.481 e. The van der Waals surface area contributed by atoms with Gasteiger partial charge in [0.05, 0.1) is 18.9 Å². The molecule has 0 saturated carbocycles. The van der Waals surface area contributed by atoms with Crippen molar-refractivity contribution in [2.75, 3.05) is 6.54 Å². The van der Waals surface area contributed by atoms with Gasteiger partial charge in [0.2, 0.25) is 23.6 Å². The summed E-state index contributed by atoms with van der Waals surface area (Å²) in [6.45, 7) is -0.810. The third-order valence-corrected chi connectivity index (χ3v) is 3.46.